The number of hydrogen-bond acceptors (Lipinski definition) is 4. The van der Waals surface area contributed by atoms with Crippen LogP contribution in [0.3, 0.4) is 0 Å². The van der Waals surface area contributed by atoms with Crippen LogP contribution in [0.25, 0.3) is 0 Å². The third-order valence-electron chi connectivity index (χ3n) is 4.22. The standard InChI is InChI=1S/C16H25N3O2SSi/c1-4-23(5-2,6-3)14(18-19-16(17)22)15(20)21-12-13-10-8-7-9-11-13/h7-11H,4-6,12H2,1-3H3,(H3,17,19,22)/b18-14-. The van der Waals surface area contributed by atoms with E-state index < -0.39 is 8.07 Å². The van der Waals surface area contributed by atoms with E-state index in [9.17, 15) is 4.79 Å². The molecule has 1 aromatic carbocycles. The predicted molar refractivity (Wildman–Crippen MR) is 101 cm³/mol. The SMILES string of the molecule is CC[Si](CC)(CC)/C(=N\NC(N)=S)C(=O)OCc1ccccc1. The average molecular weight is 352 g/mol. The number of nitrogens with zero attached hydrogens (tertiary/aromatic N) is 1. The van der Waals surface area contributed by atoms with Crippen molar-refractivity contribution >= 4 is 36.7 Å². The van der Waals surface area contributed by atoms with Gasteiger partial charge in [0.2, 0.25) is 0 Å². The van der Waals surface area contributed by atoms with E-state index in [-0.39, 0.29) is 17.7 Å². The number of rotatable bonds is 8. The fourth-order valence-electron chi connectivity index (χ4n) is 2.54. The highest BCUT2D eigenvalue weighted by atomic mass is 32.1. The first-order valence-electron chi connectivity index (χ1n) is 7.83. The van der Waals surface area contributed by atoms with Crippen LogP contribution >= 0.6 is 12.2 Å². The van der Waals surface area contributed by atoms with E-state index in [4.69, 9.17) is 22.7 Å². The summed E-state index contributed by atoms with van der Waals surface area (Å²) in [5.41, 5.74) is 8.96. The van der Waals surface area contributed by atoms with Crippen LogP contribution in [-0.2, 0) is 16.1 Å². The van der Waals surface area contributed by atoms with Crippen LogP contribution in [0, 0.1) is 0 Å². The van der Waals surface area contributed by atoms with Crippen LogP contribution in [0.2, 0.25) is 18.1 Å². The van der Waals surface area contributed by atoms with E-state index >= 15 is 0 Å². The minimum absolute atomic E-state index is 0.0459. The number of carbonyl (C=O) groups excluding carboxylic acids is 1. The molecule has 0 fully saturated rings. The molecule has 3 N–H and O–H groups in total. The number of nitrogens with one attached hydrogen (secondary N) is 1. The van der Waals surface area contributed by atoms with Crippen molar-refractivity contribution in [1.29, 1.82) is 0 Å². The highest BCUT2D eigenvalue weighted by molar-refractivity contribution is 7.80. The van der Waals surface area contributed by atoms with Gasteiger partial charge in [-0.15, -0.1) is 0 Å². The number of hydrogen-bond donors (Lipinski definition) is 2. The molecule has 0 atom stereocenters. The lowest BCUT2D eigenvalue weighted by atomic mass is 10.2. The molecule has 0 aliphatic carbocycles. The van der Waals surface area contributed by atoms with Crippen molar-refractivity contribution in [3.8, 4) is 0 Å². The van der Waals surface area contributed by atoms with Crippen molar-refractivity contribution in [3.63, 3.8) is 0 Å². The molecule has 0 amide bonds. The number of thiocarbonyl (C=S) groups is 1. The first-order chi connectivity index (χ1) is 11.0. The minimum Gasteiger partial charge on any atom is -0.457 e. The summed E-state index contributed by atoms with van der Waals surface area (Å²) in [5.74, 6) is -0.380. The highest BCUT2D eigenvalue weighted by Gasteiger charge is 2.39. The Hall–Kier alpha value is -1.73. The van der Waals surface area contributed by atoms with Crippen LogP contribution in [0.5, 0.6) is 0 Å². The molecule has 0 bridgehead atoms. The summed E-state index contributed by atoms with van der Waals surface area (Å²) < 4.78 is 5.47. The molecule has 0 unspecified atom stereocenters. The van der Waals surface area contributed by atoms with Gasteiger partial charge in [0.1, 0.15) is 20.0 Å². The summed E-state index contributed by atoms with van der Waals surface area (Å²) in [5, 5.41) is 4.73. The Bertz CT molecular complexity index is 551. The van der Waals surface area contributed by atoms with Crippen LogP contribution in [0.15, 0.2) is 35.4 Å². The van der Waals surface area contributed by atoms with E-state index in [2.05, 4.69) is 31.3 Å². The maximum Gasteiger partial charge on any atom is 0.350 e. The Labute approximate surface area is 144 Å². The third kappa shape index (κ3) is 5.44. The van der Waals surface area contributed by atoms with E-state index in [1.807, 2.05) is 30.3 Å². The molecule has 1 rings (SSSR count). The predicted octanol–water partition coefficient (Wildman–Crippen LogP) is 2.97. The van der Waals surface area contributed by atoms with Gasteiger partial charge in [0.15, 0.2) is 5.11 Å². The molecule has 0 aliphatic heterocycles. The van der Waals surface area contributed by atoms with Crippen LogP contribution in [0.4, 0.5) is 0 Å². The third-order valence-corrected chi connectivity index (χ3v) is 9.69. The topological polar surface area (TPSA) is 76.7 Å². The fourth-order valence-corrected chi connectivity index (χ4v) is 5.88. The van der Waals surface area contributed by atoms with Gasteiger partial charge in [-0.25, -0.2) is 4.79 Å². The molecule has 126 valence electrons. The maximum absolute atomic E-state index is 12.6. The normalized spacial score (nSPS) is 11.9. The lowest BCUT2D eigenvalue weighted by Crippen LogP contribution is -2.48. The Kier molecular flexibility index (Phi) is 7.91. The summed E-state index contributed by atoms with van der Waals surface area (Å²) in [7, 11) is -2.02. The van der Waals surface area contributed by atoms with Gasteiger partial charge in [-0.3, -0.25) is 5.43 Å². The van der Waals surface area contributed by atoms with Gasteiger partial charge in [0.05, 0.1) is 0 Å². The first kappa shape index (κ1) is 19.3. The van der Waals surface area contributed by atoms with Gasteiger partial charge in [-0.05, 0) is 17.8 Å². The lowest BCUT2D eigenvalue weighted by molar-refractivity contribution is -0.136. The van der Waals surface area contributed by atoms with Crippen molar-refractivity contribution < 1.29 is 9.53 Å². The van der Waals surface area contributed by atoms with E-state index in [1.165, 1.54) is 0 Å². The van der Waals surface area contributed by atoms with Crippen molar-refractivity contribution in [1.82, 2.24) is 5.43 Å². The summed E-state index contributed by atoms with van der Waals surface area (Å²) in [6.07, 6.45) is 0. The van der Waals surface area contributed by atoms with Crippen molar-refractivity contribution in [2.45, 2.75) is 45.5 Å². The van der Waals surface area contributed by atoms with Crippen LogP contribution in [0.1, 0.15) is 26.3 Å². The van der Waals surface area contributed by atoms with E-state index in [0.29, 0.717) is 5.33 Å². The van der Waals surface area contributed by atoms with Gasteiger partial charge in [0, 0.05) is 0 Å². The molecule has 0 saturated heterocycles. The van der Waals surface area contributed by atoms with Gasteiger partial charge in [-0.2, -0.15) is 5.10 Å². The second-order valence-corrected chi connectivity index (χ2v) is 10.9. The Morgan fingerprint density at radius 2 is 1.78 bits per heavy atom. The van der Waals surface area contributed by atoms with E-state index in [0.717, 1.165) is 23.7 Å². The Morgan fingerprint density at radius 1 is 1.22 bits per heavy atom. The fraction of sp³-hybridized carbons (Fsp3) is 0.438. The van der Waals surface area contributed by atoms with Gasteiger partial charge in [-0.1, -0.05) is 69.2 Å². The zero-order chi connectivity index (χ0) is 17.3. The zero-order valence-corrected chi connectivity index (χ0v) is 15.8. The van der Waals surface area contributed by atoms with Crippen LogP contribution in [-0.4, -0.2) is 24.5 Å². The van der Waals surface area contributed by atoms with E-state index in [1.54, 1.807) is 0 Å². The lowest BCUT2D eigenvalue weighted by Gasteiger charge is -2.28. The minimum atomic E-state index is -2.02. The van der Waals surface area contributed by atoms with Gasteiger partial charge < -0.3 is 10.5 Å². The summed E-state index contributed by atoms with van der Waals surface area (Å²) in [6.45, 7) is 6.52. The highest BCUT2D eigenvalue weighted by Crippen LogP contribution is 2.23. The number of hydrazone groups is 1. The van der Waals surface area contributed by atoms with Crippen LogP contribution < -0.4 is 11.2 Å². The molecule has 0 radical (unpaired) electrons. The number of benzene rings is 1. The smallest absolute Gasteiger partial charge is 0.350 e. The summed E-state index contributed by atoms with van der Waals surface area (Å²) in [6, 6.07) is 12.3. The molecule has 0 heterocycles. The maximum atomic E-state index is 12.6. The van der Waals surface area contributed by atoms with Crippen molar-refractivity contribution in [2.75, 3.05) is 0 Å². The Balaban J connectivity index is 2.96. The van der Waals surface area contributed by atoms with Crippen molar-refractivity contribution in [2.24, 2.45) is 10.8 Å². The Morgan fingerprint density at radius 3 is 2.26 bits per heavy atom. The van der Waals surface area contributed by atoms with Crippen molar-refractivity contribution in [3.05, 3.63) is 35.9 Å². The molecule has 23 heavy (non-hydrogen) atoms. The largest absolute Gasteiger partial charge is 0.457 e. The number of carbonyl (C=O) groups is 1. The molecule has 0 aliphatic rings. The quantitative estimate of drug-likeness (QED) is 0.248. The molecule has 1 aromatic rings. The second-order valence-electron chi connectivity index (χ2n) is 5.34. The molecule has 0 aromatic heterocycles. The molecule has 0 saturated carbocycles. The zero-order valence-electron chi connectivity index (χ0n) is 14.0. The molecular formula is C16H25N3O2SSi. The average Bonchev–Trinajstić information content (AvgIpc) is 2.57. The molecule has 7 heteroatoms. The summed E-state index contributed by atoms with van der Waals surface area (Å²) >= 11 is 4.80. The summed E-state index contributed by atoms with van der Waals surface area (Å²) in [4.78, 5) is 12.6. The van der Waals surface area contributed by atoms with Gasteiger partial charge in [0.25, 0.3) is 0 Å². The number of esters is 1. The monoisotopic (exact) mass is 351 g/mol. The number of nitrogens with two attached hydrogens (primary N) is 1. The van der Waals surface area contributed by atoms with Gasteiger partial charge >= 0.3 is 5.97 Å². The molecular weight excluding hydrogens is 326 g/mol. The molecule has 5 nitrogen and oxygen atoms in total. The first-order valence-corrected chi connectivity index (χ1v) is 10.9. The molecule has 0 spiro atoms. The number of ether oxygens (including phenoxy) is 1. The second kappa shape index (κ2) is 9.42.